The van der Waals surface area contributed by atoms with Crippen LogP contribution in [0.1, 0.15) is 56.8 Å². The number of nitrogens with zero attached hydrogens (tertiary/aromatic N) is 3. The summed E-state index contributed by atoms with van der Waals surface area (Å²) >= 11 is 1.86. The van der Waals surface area contributed by atoms with E-state index in [1.54, 1.807) is 7.11 Å². The SMILES string of the molecule is COCCCNCC(C)Sc1nnc(C2CC2)n1C1CC1. The Balaban J connectivity index is 1.50. The fraction of sp³-hybridized carbons (Fsp3) is 0.867. The predicted octanol–water partition coefficient (Wildman–Crippen LogP) is 2.60. The Morgan fingerprint density at radius 2 is 2.14 bits per heavy atom. The standard InChI is InChI=1S/C15H26N4OS/c1-11(10-16-8-3-9-20-2)21-15-18-17-14(12-4-5-12)19(15)13-6-7-13/h11-13,16H,3-10H2,1-2H3. The summed E-state index contributed by atoms with van der Waals surface area (Å²) in [5, 5.41) is 14.1. The Bertz CT molecular complexity index is 457. The van der Waals surface area contributed by atoms with Gasteiger partial charge in [-0.3, -0.25) is 0 Å². The predicted molar refractivity (Wildman–Crippen MR) is 84.9 cm³/mol. The van der Waals surface area contributed by atoms with Gasteiger partial charge in [0.1, 0.15) is 5.82 Å². The second kappa shape index (κ2) is 7.11. The van der Waals surface area contributed by atoms with Gasteiger partial charge in [0.05, 0.1) is 0 Å². The third-order valence-corrected chi connectivity index (χ3v) is 5.04. The lowest BCUT2D eigenvalue weighted by molar-refractivity contribution is 0.194. The molecule has 0 spiro atoms. The first kappa shape index (κ1) is 15.3. The van der Waals surface area contributed by atoms with Gasteiger partial charge in [0, 0.05) is 37.5 Å². The van der Waals surface area contributed by atoms with Crippen molar-refractivity contribution < 1.29 is 4.74 Å². The molecule has 2 fully saturated rings. The molecular formula is C15H26N4OS. The normalized spacial score (nSPS) is 19.9. The maximum absolute atomic E-state index is 5.06. The molecule has 5 nitrogen and oxygen atoms in total. The second-order valence-corrected chi connectivity index (χ2v) is 7.60. The minimum atomic E-state index is 0.515. The number of nitrogens with one attached hydrogen (secondary N) is 1. The van der Waals surface area contributed by atoms with Crippen molar-refractivity contribution in [3.63, 3.8) is 0 Å². The third kappa shape index (κ3) is 4.20. The van der Waals surface area contributed by atoms with Crippen LogP contribution in [0.15, 0.2) is 5.16 Å². The summed E-state index contributed by atoms with van der Waals surface area (Å²) in [6.07, 6.45) is 6.26. The van der Waals surface area contributed by atoms with Crippen molar-refractivity contribution in [2.75, 3.05) is 26.8 Å². The molecule has 1 N–H and O–H groups in total. The highest BCUT2D eigenvalue weighted by Crippen LogP contribution is 2.46. The maximum Gasteiger partial charge on any atom is 0.191 e. The Morgan fingerprint density at radius 1 is 1.33 bits per heavy atom. The molecule has 0 amide bonds. The van der Waals surface area contributed by atoms with Crippen LogP contribution in [0.5, 0.6) is 0 Å². The van der Waals surface area contributed by atoms with E-state index in [-0.39, 0.29) is 0 Å². The largest absolute Gasteiger partial charge is 0.385 e. The summed E-state index contributed by atoms with van der Waals surface area (Å²) in [6, 6.07) is 0.681. The molecule has 0 saturated heterocycles. The lowest BCUT2D eigenvalue weighted by atomic mass is 10.4. The Morgan fingerprint density at radius 3 is 2.81 bits per heavy atom. The van der Waals surface area contributed by atoms with E-state index in [2.05, 4.69) is 27.0 Å². The molecule has 1 atom stereocenters. The summed E-state index contributed by atoms with van der Waals surface area (Å²) in [6.45, 7) is 5.11. The fourth-order valence-electron chi connectivity index (χ4n) is 2.53. The first-order valence-corrected chi connectivity index (χ1v) is 8.98. The van der Waals surface area contributed by atoms with Gasteiger partial charge in [-0.15, -0.1) is 10.2 Å². The van der Waals surface area contributed by atoms with E-state index in [0.29, 0.717) is 17.2 Å². The van der Waals surface area contributed by atoms with Crippen LogP contribution in [0.4, 0.5) is 0 Å². The van der Waals surface area contributed by atoms with Crippen molar-refractivity contribution in [3.05, 3.63) is 5.82 Å². The van der Waals surface area contributed by atoms with E-state index in [9.17, 15) is 0 Å². The van der Waals surface area contributed by atoms with Crippen LogP contribution < -0.4 is 5.32 Å². The summed E-state index contributed by atoms with van der Waals surface area (Å²) in [7, 11) is 1.75. The molecule has 6 heteroatoms. The number of methoxy groups -OCH3 is 1. The van der Waals surface area contributed by atoms with Gasteiger partial charge in [0.15, 0.2) is 5.16 Å². The average molecular weight is 310 g/mol. The minimum absolute atomic E-state index is 0.515. The molecule has 0 aliphatic heterocycles. The van der Waals surface area contributed by atoms with Gasteiger partial charge >= 0.3 is 0 Å². The number of rotatable bonds is 10. The molecule has 1 heterocycles. The van der Waals surface area contributed by atoms with Crippen molar-refractivity contribution in [1.82, 2.24) is 20.1 Å². The Kier molecular flexibility index (Phi) is 5.19. The molecule has 2 aliphatic rings. The number of hydrogen-bond acceptors (Lipinski definition) is 5. The van der Waals surface area contributed by atoms with Crippen molar-refractivity contribution >= 4 is 11.8 Å². The number of aromatic nitrogens is 3. The van der Waals surface area contributed by atoms with Crippen molar-refractivity contribution in [2.45, 2.75) is 61.4 Å². The molecule has 0 bridgehead atoms. The molecule has 21 heavy (non-hydrogen) atoms. The molecule has 1 aromatic heterocycles. The lowest BCUT2D eigenvalue weighted by Gasteiger charge is -2.13. The summed E-state index contributed by atoms with van der Waals surface area (Å²) in [5.74, 6) is 1.94. The topological polar surface area (TPSA) is 52.0 Å². The van der Waals surface area contributed by atoms with E-state index < -0.39 is 0 Å². The first-order valence-electron chi connectivity index (χ1n) is 8.10. The van der Waals surface area contributed by atoms with Crippen molar-refractivity contribution in [2.24, 2.45) is 0 Å². The molecular weight excluding hydrogens is 284 g/mol. The zero-order valence-electron chi connectivity index (χ0n) is 13.0. The zero-order chi connectivity index (χ0) is 14.7. The van der Waals surface area contributed by atoms with Crippen molar-refractivity contribution in [3.8, 4) is 0 Å². The Hall–Kier alpha value is -0.590. The van der Waals surface area contributed by atoms with Gasteiger partial charge in [-0.05, 0) is 38.6 Å². The van der Waals surface area contributed by atoms with Crippen LogP contribution in [-0.4, -0.2) is 46.8 Å². The van der Waals surface area contributed by atoms with Crippen LogP contribution in [-0.2, 0) is 4.74 Å². The molecule has 2 aliphatic carbocycles. The quantitative estimate of drug-likeness (QED) is 0.532. The maximum atomic E-state index is 5.06. The highest BCUT2D eigenvalue weighted by Gasteiger charge is 2.36. The number of thioether (sulfide) groups is 1. The summed E-state index contributed by atoms with van der Waals surface area (Å²) in [5.41, 5.74) is 0. The molecule has 1 unspecified atom stereocenters. The highest BCUT2D eigenvalue weighted by atomic mass is 32.2. The van der Waals surface area contributed by atoms with E-state index in [1.165, 1.54) is 31.5 Å². The molecule has 1 aromatic rings. The average Bonchev–Trinajstić information content (AvgIpc) is 3.38. The van der Waals surface area contributed by atoms with Gasteiger partial charge in [-0.25, -0.2) is 0 Å². The van der Waals surface area contributed by atoms with Crippen LogP contribution in [0.3, 0.4) is 0 Å². The lowest BCUT2D eigenvalue weighted by Crippen LogP contribution is -2.24. The summed E-state index contributed by atoms with van der Waals surface area (Å²) < 4.78 is 7.49. The van der Waals surface area contributed by atoms with Crippen LogP contribution in [0, 0.1) is 0 Å². The van der Waals surface area contributed by atoms with Crippen LogP contribution in [0.25, 0.3) is 0 Å². The van der Waals surface area contributed by atoms with Gasteiger partial charge in [-0.2, -0.15) is 0 Å². The van der Waals surface area contributed by atoms with Gasteiger partial charge in [-0.1, -0.05) is 18.7 Å². The van der Waals surface area contributed by atoms with Gasteiger partial charge in [0.25, 0.3) is 0 Å². The van der Waals surface area contributed by atoms with Crippen molar-refractivity contribution in [1.29, 1.82) is 0 Å². The molecule has 0 radical (unpaired) electrons. The van der Waals surface area contributed by atoms with Crippen LogP contribution >= 0.6 is 11.8 Å². The highest BCUT2D eigenvalue weighted by molar-refractivity contribution is 7.99. The number of hydrogen-bond donors (Lipinski definition) is 1. The summed E-state index contributed by atoms with van der Waals surface area (Å²) in [4.78, 5) is 0. The molecule has 3 rings (SSSR count). The van der Waals surface area contributed by atoms with Gasteiger partial charge < -0.3 is 14.6 Å². The Labute approximate surface area is 131 Å². The van der Waals surface area contributed by atoms with Crippen LogP contribution in [0.2, 0.25) is 0 Å². The van der Waals surface area contributed by atoms with E-state index in [4.69, 9.17) is 4.74 Å². The molecule has 0 aromatic carbocycles. The number of ether oxygens (including phenoxy) is 1. The minimum Gasteiger partial charge on any atom is -0.385 e. The zero-order valence-corrected chi connectivity index (χ0v) is 13.9. The van der Waals surface area contributed by atoms with E-state index >= 15 is 0 Å². The third-order valence-electron chi connectivity index (χ3n) is 3.99. The van der Waals surface area contributed by atoms with Gasteiger partial charge in [0.2, 0.25) is 0 Å². The van der Waals surface area contributed by atoms with E-state index in [1.807, 2.05) is 11.8 Å². The second-order valence-electron chi connectivity index (χ2n) is 6.20. The molecule has 118 valence electrons. The first-order chi connectivity index (χ1) is 10.3. The molecule has 2 saturated carbocycles. The fourth-order valence-corrected chi connectivity index (χ4v) is 3.54. The monoisotopic (exact) mass is 310 g/mol. The van der Waals surface area contributed by atoms with E-state index in [0.717, 1.165) is 31.3 Å². The smallest absolute Gasteiger partial charge is 0.191 e.